The number of hydrogen-bond donors (Lipinski definition) is 2. The Morgan fingerprint density at radius 2 is 1.66 bits per heavy atom. The van der Waals surface area contributed by atoms with Gasteiger partial charge in [-0.2, -0.15) is 5.10 Å². The van der Waals surface area contributed by atoms with Gasteiger partial charge < -0.3 is 14.8 Å². The van der Waals surface area contributed by atoms with E-state index in [9.17, 15) is 28.9 Å². The van der Waals surface area contributed by atoms with Gasteiger partial charge in [-0.15, -0.1) is 0 Å². The number of nitro benzene ring substituents is 1. The molecule has 0 atom stereocenters. The minimum atomic E-state index is -1.05. The molecule has 0 fully saturated rings. The molecule has 0 aromatic heterocycles. The van der Waals surface area contributed by atoms with Crippen molar-refractivity contribution in [2.75, 3.05) is 12.4 Å². The summed E-state index contributed by atoms with van der Waals surface area (Å²) in [7, 11) is 1.35. The van der Waals surface area contributed by atoms with Crippen molar-refractivity contribution in [2.45, 2.75) is 0 Å². The van der Waals surface area contributed by atoms with Crippen molar-refractivity contribution in [1.29, 1.82) is 0 Å². The number of nitrogens with zero attached hydrogens (tertiary/aromatic N) is 2. The Hall–Kier alpha value is -5.13. The molecule has 0 bridgehead atoms. The Labute approximate surface area is 197 Å². The van der Waals surface area contributed by atoms with Gasteiger partial charge in [-0.05, 0) is 60.2 Å². The van der Waals surface area contributed by atoms with Gasteiger partial charge in [0.15, 0.2) is 11.5 Å². The molecule has 0 radical (unpaired) electrons. The van der Waals surface area contributed by atoms with E-state index < -0.39 is 28.5 Å². The molecule has 11 nitrogen and oxygen atoms in total. The van der Waals surface area contributed by atoms with Crippen LogP contribution in [0.1, 0.15) is 15.9 Å². The third-order valence-corrected chi connectivity index (χ3v) is 4.39. The first-order valence-electron chi connectivity index (χ1n) is 9.81. The van der Waals surface area contributed by atoms with Crippen LogP contribution in [0.4, 0.5) is 15.8 Å². The van der Waals surface area contributed by atoms with Gasteiger partial charge in [0.1, 0.15) is 5.82 Å². The van der Waals surface area contributed by atoms with E-state index in [4.69, 9.17) is 9.47 Å². The highest BCUT2D eigenvalue weighted by Gasteiger charge is 2.15. The summed E-state index contributed by atoms with van der Waals surface area (Å²) in [6, 6.07) is 14.2. The Kier molecular flexibility index (Phi) is 7.80. The lowest BCUT2D eigenvalue weighted by molar-refractivity contribution is -0.384. The molecule has 0 unspecified atom stereocenters. The average molecular weight is 480 g/mol. The van der Waals surface area contributed by atoms with Crippen molar-refractivity contribution in [3.63, 3.8) is 0 Å². The fraction of sp³-hybridized carbons (Fsp3) is 0.0435. The molecule has 178 valence electrons. The van der Waals surface area contributed by atoms with Crippen LogP contribution in [0.3, 0.4) is 0 Å². The van der Waals surface area contributed by atoms with Crippen molar-refractivity contribution in [3.05, 3.63) is 93.8 Å². The predicted octanol–water partition coefficient (Wildman–Crippen LogP) is 3.05. The molecule has 2 N–H and O–H groups in total. The SMILES string of the molecule is COc1cc(C=NNC(=O)C(=O)Nc2ccc(F)cc2)ccc1OC(=O)c1ccc([N+](=O)[O-])cc1. The highest BCUT2D eigenvalue weighted by Crippen LogP contribution is 2.28. The summed E-state index contributed by atoms with van der Waals surface area (Å²) in [5, 5.41) is 16.7. The largest absolute Gasteiger partial charge is 0.493 e. The van der Waals surface area contributed by atoms with Gasteiger partial charge in [0.05, 0.1) is 23.8 Å². The van der Waals surface area contributed by atoms with E-state index in [0.29, 0.717) is 5.56 Å². The maximum atomic E-state index is 12.9. The average Bonchev–Trinajstić information content (AvgIpc) is 2.86. The van der Waals surface area contributed by atoms with Crippen LogP contribution in [0.5, 0.6) is 11.5 Å². The lowest BCUT2D eigenvalue weighted by Gasteiger charge is -2.10. The number of benzene rings is 3. The first-order valence-corrected chi connectivity index (χ1v) is 9.81. The number of amides is 2. The van der Waals surface area contributed by atoms with E-state index in [1.807, 2.05) is 0 Å². The second-order valence-corrected chi connectivity index (χ2v) is 6.76. The zero-order valence-corrected chi connectivity index (χ0v) is 18.1. The molecule has 0 heterocycles. The van der Waals surface area contributed by atoms with Crippen LogP contribution in [0.15, 0.2) is 71.8 Å². The van der Waals surface area contributed by atoms with Gasteiger partial charge in [-0.25, -0.2) is 14.6 Å². The molecule has 3 aromatic rings. The summed E-state index contributed by atoms with van der Waals surface area (Å²) < 4.78 is 23.4. The fourth-order valence-electron chi connectivity index (χ4n) is 2.66. The minimum Gasteiger partial charge on any atom is -0.493 e. The molecular formula is C23H17FN4O7. The molecule has 0 saturated heterocycles. The number of non-ortho nitro benzene ring substituents is 1. The topological polar surface area (TPSA) is 149 Å². The molecule has 3 aromatic carbocycles. The van der Waals surface area contributed by atoms with Crippen LogP contribution in [0.25, 0.3) is 0 Å². The molecule has 0 spiro atoms. The molecule has 0 aliphatic carbocycles. The highest BCUT2D eigenvalue weighted by molar-refractivity contribution is 6.39. The molecule has 12 heteroatoms. The second-order valence-electron chi connectivity index (χ2n) is 6.76. The van der Waals surface area contributed by atoms with E-state index in [1.165, 1.54) is 67.9 Å². The molecule has 0 saturated carbocycles. The number of anilines is 1. The number of rotatable bonds is 7. The summed E-state index contributed by atoms with van der Waals surface area (Å²) in [5.41, 5.74) is 2.67. The maximum Gasteiger partial charge on any atom is 0.343 e. The van der Waals surface area contributed by atoms with Crippen molar-refractivity contribution >= 4 is 35.4 Å². The lowest BCUT2D eigenvalue weighted by atomic mass is 10.2. The number of esters is 1. The first kappa shape index (κ1) is 24.5. The van der Waals surface area contributed by atoms with Crippen molar-refractivity contribution in [1.82, 2.24) is 5.43 Å². The van der Waals surface area contributed by atoms with Crippen molar-refractivity contribution in [2.24, 2.45) is 5.10 Å². The lowest BCUT2D eigenvalue weighted by Crippen LogP contribution is -2.32. The van der Waals surface area contributed by atoms with Crippen molar-refractivity contribution < 1.29 is 33.2 Å². The summed E-state index contributed by atoms with van der Waals surface area (Å²) in [5.74, 6) is -3.04. The Morgan fingerprint density at radius 1 is 0.971 bits per heavy atom. The third kappa shape index (κ3) is 6.68. The van der Waals surface area contributed by atoms with Crippen LogP contribution in [-0.2, 0) is 9.59 Å². The van der Waals surface area contributed by atoms with Gasteiger partial charge >= 0.3 is 17.8 Å². The zero-order valence-electron chi connectivity index (χ0n) is 18.1. The normalized spacial score (nSPS) is 10.5. The van der Waals surface area contributed by atoms with Crippen LogP contribution < -0.4 is 20.2 Å². The number of carbonyl (C=O) groups is 3. The molecule has 3 rings (SSSR count). The maximum absolute atomic E-state index is 12.9. The van der Waals surface area contributed by atoms with Gasteiger partial charge in [0.25, 0.3) is 5.69 Å². The van der Waals surface area contributed by atoms with E-state index in [0.717, 1.165) is 12.1 Å². The van der Waals surface area contributed by atoms with E-state index in [-0.39, 0.29) is 28.4 Å². The highest BCUT2D eigenvalue weighted by atomic mass is 19.1. The number of hydrogen-bond acceptors (Lipinski definition) is 8. The minimum absolute atomic E-state index is 0.0794. The van der Waals surface area contributed by atoms with Crippen molar-refractivity contribution in [3.8, 4) is 11.5 Å². The smallest absolute Gasteiger partial charge is 0.343 e. The monoisotopic (exact) mass is 480 g/mol. The summed E-state index contributed by atoms with van der Waals surface area (Å²) in [6.45, 7) is 0. The molecule has 0 aliphatic heterocycles. The second kappa shape index (κ2) is 11.1. The van der Waals surface area contributed by atoms with Crippen LogP contribution in [0, 0.1) is 15.9 Å². The van der Waals surface area contributed by atoms with Gasteiger partial charge in [0, 0.05) is 17.8 Å². The van der Waals surface area contributed by atoms with E-state index >= 15 is 0 Å². The van der Waals surface area contributed by atoms with Gasteiger partial charge in [-0.3, -0.25) is 19.7 Å². The predicted molar refractivity (Wildman–Crippen MR) is 122 cm³/mol. The Balaban J connectivity index is 1.60. The first-order chi connectivity index (χ1) is 16.8. The Bertz CT molecular complexity index is 1290. The van der Waals surface area contributed by atoms with Crippen LogP contribution >= 0.6 is 0 Å². The molecule has 0 aliphatic rings. The fourth-order valence-corrected chi connectivity index (χ4v) is 2.66. The van der Waals surface area contributed by atoms with Gasteiger partial charge in [0.2, 0.25) is 0 Å². The third-order valence-electron chi connectivity index (χ3n) is 4.39. The van der Waals surface area contributed by atoms with Crippen LogP contribution in [0.2, 0.25) is 0 Å². The standard InChI is InChI=1S/C23H17FN4O7/c1-34-20-12-14(13-25-27-22(30)21(29)26-17-7-5-16(24)6-8-17)2-11-19(20)35-23(31)15-3-9-18(10-4-15)28(32)33/h2-13H,1H3,(H,26,29)(H,27,30). The number of carbonyl (C=O) groups excluding carboxylic acids is 3. The number of nitro groups is 1. The van der Waals surface area contributed by atoms with E-state index in [2.05, 4.69) is 15.8 Å². The molecule has 35 heavy (non-hydrogen) atoms. The molecule has 2 amide bonds. The number of methoxy groups -OCH3 is 1. The number of ether oxygens (including phenoxy) is 2. The summed E-state index contributed by atoms with van der Waals surface area (Å²) >= 11 is 0. The van der Waals surface area contributed by atoms with Crippen LogP contribution in [-0.4, -0.2) is 36.0 Å². The summed E-state index contributed by atoms with van der Waals surface area (Å²) in [4.78, 5) is 46.2. The summed E-state index contributed by atoms with van der Waals surface area (Å²) in [6.07, 6.45) is 1.23. The Morgan fingerprint density at radius 3 is 2.29 bits per heavy atom. The van der Waals surface area contributed by atoms with Gasteiger partial charge in [-0.1, -0.05) is 0 Å². The quantitative estimate of drug-likeness (QED) is 0.132. The number of hydrazone groups is 1. The molecular weight excluding hydrogens is 463 g/mol. The van der Waals surface area contributed by atoms with E-state index in [1.54, 1.807) is 0 Å². The number of halogens is 1. The number of nitrogens with one attached hydrogen (secondary N) is 2. The zero-order chi connectivity index (χ0) is 25.4.